The van der Waals surface area contributed by atoms with Crippen LogP contribution in [-0.4, -0.2) is 39.5 Å². The summed E-state index contributed by atoms with van der Waals surface area (Å²) < 4.78 is 21.2. The zero-order chi connectivity index (χ0) is 23.7. The van der Waals surface area contributed by atoms with Crippen LogP contribution in [0.1, 0.15) is 37.3 Å². The van der Waals surface area contributed by atoms with E-state index in [1.165, 1.54) is 0 Å². The number of nitriles is 1. The van der Waals surface area contributed by atoms with E-state index in [2.05, 4.69) is 6.07 Å². The van der Waals surface area contributed by atoms with Crippen molar-refractivity contribution in [1.82, 2.24) is 0 Å². The van der Waals surface area contributed by atoms with Gasteiger partial charge in [0, 0.05) is 0 Å². The Bertz CT molecular complexity index is 967. The molecule has 0 aliphatic heterocycles. The summed E-state index contributed by atoms with van der Waals surface area (Å²) in [6, 6.07) is 13.2. The third kappa shape index (κ3) is 5.85. The number of hydrogen-bond donors (Lipinski definition) is 1. The number of aliphatic carboxylic acids is 1. The van der Waals surface area contributed by atoms with Gasteiger partial charge in [0.2, 0.25) is 0 Å². The second-order valence-electron chi connectivity index (χ2n) is 7.83. The summed E-state index contributed by atoms with van der Waals surface area (Å²) in [5.41, 5.74) is 0.897. The van der Waals surface area contributed by atoms with Crippen molar-refractivity contribution >= 4 is 5.97 Å². The topological polar surface area (TPSA) is 98.0 Å². The Hall–Kier alpha value is -3.40. The lowest BCUT2D eigenvalue weighted by Gasteiger charge is -2.24. The molecule has 2 rings (SSSR count). The molecule has 2 aromatic rings. The maximum absolute atomic E-state index is 11.9. The molecule has 172 valence electrons. The van der Waals surface area contributed by atoms with Crippen LogP contribution in [0.3, 0.4) is 0 Å². The minimum atomic E-state index is -0.857. The predicted molar refractivity (Wildman–Crippen MR) is 121 cm³/mol. The van der Waals surface area contributed by atoms with Crippen molar-refractivity contribution in [3.63, 3.8) is 0 Å². The predicted octanol–water partition coefficient (Wildman–Crippen LogP) is 4.62. The number of rotatable bonds is 12. The maximum atomic E-state index is 11.9. The fraction of sp³-hybridized carbons (Fsp3) is 0.440. The monoisotopic (exact) mass is 441 g/mol. The lowest BCUT2D eigenvalue weighted by atomic mass is 9.78. The molecule has 7 nitrogen and oxygen atoms in total. The molecule has 2 unspecified atom stereocenters. The Morgan fingerprint density at radius 1 is 0.969 bits per heavy atom. The number of methoxy groups -OCH3 is 4. The van der Waals surface area contributed by atoms with E-state index in [0.29, 0.717) is 48.7 Å². The van der Waals surface area contributed by atoms with Gasteiger partial charge in [-0.1, -0.05) is 18.6 Å². The van der Waals surface area contributed by atoms with E-state index >= 15 is 0 Å². The standard InChI is InChI=1S/C25H31NO6/c1-25(16-26,19-9-11-21(30-3)23(15-19)32-5)12-6-7-18(24(27)28)13-17-8-10-20(29-2)22(14-17)31-4/h8-11,14-15,18H,6-7,12-13H2,1-5H3,(H,27,28). The highest BCUT2D eigenvalue weighted by molar-refractivity contribution is 5.70. The van der Waals surface area contributed by atoms with Gasteiger partial charge in [0.1, 0.15) is 0 Å². The van der Waals surface area contributed by atoms with Gasteiger partial charge < -0.3 is 24.1 Å². The zero-order valence-electron chi connectivity index (χ0n) is 19.3. The van der Waals surface area contributed by atoms with E-state index in [4.69, 9.17) is 18.9 Å². The molecule has 0 saturated heterocycles. The van der Waals surface area contributed by atoms with Gasteiger partial charge in [-0.05, 0) is 61.6 Å². The number of benzene rings is 2. The summed E-state index contributed by atoms with van der Waals surface area (Å²) in [6.07, 6.45) is 1.93. The average molecular weight is 442 g/mol. The molecule has 0 radical (unpaired) electrons. The number of ether oxygens (including phenoxy) is 4. The van der Waals surface area contributed by atoms with Gasteiger partial charge in [-0.25, -0.2) is 0 Å². The summed E-state index contributed by atoms with van der Waals surface area (Å²) in [6.45, 7) is 1.86. The van der Waals surface area contributed by atoms with E-state index in [1.807, 2.05) is 19.1 Å². The van der Waals surface area contributed by atoms with Gasteiger partial charge in [0.05, 0.1) is 45.8 Å². The highest BCUT2D eigenvalue weighted by Gasteiger charge is 2.29. The molecular formula is C25H31NO6. The van der Waals surface area contributed by atoms with E-state index < -0.39 is 17.3 Å². The number of hydrogen-bond acceptors (Lipinski definition) is 6. The van der Waals surface area contributed by atoms with Crippen LogP contribution < -0.4 is 18.9 Å². The molecular weight excluding hydrogens is 410 g/mol. The summed E-state index contributed by atoms with van der Waals surface area (Å²) in [4.78, 5) is 11.9. The molecule has 0 aromatic heterocycles. The summed E-state index contributed by atoms with van der Waals surface area (Å²) in [5, 5.41) is 19.6. The Morgan fingerprint density at radius 3 is 2.06 bits per heavy atom. The highest BCUT2D eigenvalue weighted by atomic mass is 16.5. The lowest BCUT2D eigenvalue weighted by Crippen LogP contribution is -2.22. The van der Waals surface area contributed by atoms with Crippen molar-refractivity contribution in [3.8, 4) is 29.1 Å². The molecule has 0 fully saturated rings. The van der Waals surface area contributed by atoms with Crippen molar-refractivity contribution in [1.29, 1.82) is 5.26 Å². The van der Waals surface area contributed by atoms with Gasteiger partial charge in [-0.3, -0.25) is 4.79 Å². The molecule has 0 spiro atoms. The molecule has 0 aliphatic rings. The van der Waals surface area contributed by atoms with Crippen molar-refractivity contribution < 1.29 is 28.8 Å². The molecule has 7 heteroatoms. The number of nitrogens with zero attached hydrogens (tertiary/aromatic N) is 1. The van der Waals surface area contributed by atoms with Crippen molar-refractivity contribution in [2.24, 2.45) is 5.92 Å². The summed E-state index contributed by atoms with van der Waals surface area (Å²) >= 11 is 0. The number of carboxylic acid groups (broad SMARTS) is 1. The first-order valence-electron chi connectivity index (χ1n) is 10.4. The van der Waals surface area contributed by atoms with Crippen molar-refractivity contribution in [3.05, 3.63) is 47.5 Å². The summed E-state index contributed by atoms with van der Waals surface area (Å²) in [7, 11) is 6.22. The minimum Gasteiger partial charge on any atom is -0.493 e. The summed E-state index contributed by atoms with van der Waals surface area (Å²) in [5.74, 6) is 0.897. The first kappa shape index (κ1) is 24.9. The first-order chi connectivity index (χ1) is 15.3. The molecule has 0 aliphatic carbocycles. The van der Waals surface area contributed by atoms with Crippen LogP contribution in [0.2, 0.25) is 0 Å². The van der Waals surface area contributed by atoms with E-state index in [0.717, 1.165) is 11.1 Å². The second-order valence-corrected chi connectivity index (χ2v) is 7.83. The number of carbonyl (C=O) groups is 1. The molecule has 0 heterocycles. The van der Waals surface area contributed by atoms with Crippen LogP contribution in [0.4, 0.5) is 0 Å². The lowest BCUT2D eigenvalue weighted by molar-refractivity contribution is -0.142. The van der Waals surface area contributed by atoms with Crippen LogP contribution in [0.15, 0.2) is 36.4 Å². The van der Waals surface area contributed by atoms with Gasteiger partial charge >= 0.3 is 5.97 Å². The van der Waals surface area contributed by atoms with E-state index in [-0.39, 0.29) is 0 Å². The molecule has 0 bridgehead atoms. The third-order valence-electron chi connectivity index (χ3n) is 5.78. The fourth-order valence-corrected chi connectivity index (χ4v) is 3.75. The van der Waals surface area contributed by atoms with Crippen LogP contribution in [0.25, 0.3) is 0 Å². The van der Waals surface area contributed by atoms with Crippen LogP contribution in [0, 0.1) is 17.2 Å². The molecule has 32 heavy (non-hydrogen) atoms. The Labute approximate surface area is 189 Å². The Balaban J connectivity index is 2.10. The van der Waals surface area contributed by atoms with Gasteiger partial charge in [-0.15, -0.1) is 0 Å². The van der Waals surface area contributed by atoms with Gasteiger partial charge in [0.25, 0.3) is 0 Å². The smallest absolute Gasteiger partial charge is 0.306 e. The van der Waals surface area contributed by atoms with Crippen LogP contribution in [0.5, 0.6) is 23.0 Å². The quantitative estimate of drug-likeness (QED) is 0.513. The van der Waals surface area contributed by atoms with E-state index in [1.54, 1.807) is 52.7 Å². The van der Waals surface area contributed by atoms with Gasteiger partial charge in [0.15, 0.2) is 23.0 Å². The minimum absolute atomic E-state index is 0.370. The van der Waals surface area contributed by atoms with Crippen LogP contribution in [-0.2, 0) is 16.6 Å². The van der Waals surface area contributed by atoms with Crippen molar-refractivity contribution in [2.75, 3.05) is 28.4 Å². The molecule has 0 saturated carbocycles. The van der Waals surface area contributed by atoms with Crippen molar-refractivity contribution in [2.45, 2.75) is 38.0 Å². The molecule has 2 atom stereocenters. The Kier molecular flexibility index (Phi) is 8.77. The fourth-order valence-electron chi connectivity index (χ4n) is 3.75. The number of carboxylic acids is 1. The normalized spacial score (nSPS) is 13.4. The van der Waals surface area contributed by atoms with Crippen LogP contribution >= 0.6 is 0 Å². The zero-order valence-corrected chi connectivity index (χ0v) is 19.3. The van der Waals surface area contributed by atoms with E-state index in [9.17, 15) is 15.2 Å². The maximum Gasteiger partial charge on any atom is 0.306 e. The SMILES string of the molecule is COc1ccc(CC(CCCC(C)(C#N)c2ccc(OC)c(OC)c2)C(=O)O)cc1OC. The Morgan fingerprint density at radius 2 is 1.53 bits per heavy atom. The third-order valence-corrected chi connectivity index (χ3v) is 5.78. The molecule has 1 N–H and O–H groups in total. The first-order valence-corrected chi connectivity index (χ1v) is 10.4. The highest BCUT2D eigenvalue weighted by Crippen LogP contribution is 2.36. The van der Waals surface area contributed by atoms with Gasteiger partial charge in [-0.2, -0.15) is 5.26 Å². The molecule has 2 aromatic carbocycles. The molecule has 0 amide bonds. The second kappa shape index (κ2) is 11.3. The largest absolute Gasteiger partial charge is 0.493 e. The average Bonchev–Trinajstić information content (AvgIpc) is 2.82.